The summed E-state index contributed by atoms with van der Waals surface area (Å²) in [6, 6.07) is 11.9. The van der Waals surface area contributed by atoms with Gasteiger partial charge in [0.1, 0.15) is 5.82 Å². The van der Waals surface area contributed by atoms with Crippen molar-refractivity contribution in [1.29, 1.82) is 0 Å². The molecule has 2 rings (SSSR count). The van der Waals surface area contributed by atoms with E-state index in [1.54, 1.807) is 6.20 Å². The van der Waals surface area contributed by atoms with Crippen LogP contribution in [0.3, 0.4) is 0 Å². The fourth-order valence-corrected chi connectivity index (χ4v) is 2.13. The number of nitrogens with one attached hydrogen (secondary N) is 1. The molecule has 1 N–H and O–H groups in total. The Kier molecular flexibility index (Phi) is 5.75. The van der Waals surface area contributed by atoms with Crippen molar-refractivity contribution in [3.05, 3.63) is 48.4 Å². The standard InChI is InChI=1S/C16H19N3OS/c1-12(21-2)16(20)18-11-9-15-17-10-8-14(19-15)13-6-4-3-5-7-13/h3-8,10,12H,9,11H2,1-2H3,(H,18,20). The normalized spacial score (nSPS) is 11.9. The van der Waals surface area contributed by atoms with E-state index in [9.17, 15) is 4.79 Å². The number of rotatable bonds is 6. The molecule has 0 bridgehead atoms. The summed E-state index contributed by atoms with van der Waals surface area (Å²) in [7, 11) is 0. The predicted molar refractivity (Wildman–Crippen MR) is 87.2 cm³/mol. The van der Waals surface area contributed by atoms with Gasteiger partial charge in [0.25, 0.3) is 0 Å². The summed E-state index contributed by atoms with van der Waals surface area (Å²) in [5.41, 5.74) is 1.98. The first-order valence-electron chi connectivity index (χ1n) is 6.88. The fourth-order valence-electron chi connectivity index (χ4n) is 1.84. The van der Waals surface area contributed by atoms with E-state index in [1.807, 2.05) is 49.6 Å². The molecule has 1 aromatic heterocycles. The molecular weight excluding hydrogens is 282 g/mol. The van der Waals surface area contributed by atoms with Crippen LogP contribution >= 0.6 is 11.8 Å². The van der Waals surface area contributed by atoms with Crippen molar-refractivity contribution in [3.8, 4) is 11.3 Å². The average Bonchev–Trinajstić information content (AvgIpc) is 2.55. The number of nitrogens with zero attached hydrogens (tertiary/aromatic N) is 2. The van der Waals surface area contributed by atoms with Gasteiger partial charge in [-0.2, -0.15) is 11.8 Å². The smallest absolute Gasteiger partial charge is 0.232 e. The highest BCUT2D eigenvalue weighted by Gasteiger charge is 2.10. The summed E-state index contributed by atoms with van der Waals surface area (Å²) < 4.78 is 0. The SMILES string of the molecule is CSC(C)C(=O)NCCc1nccc(-c2ccccc2)n1. The second kappa shape index (κ2) is 7.78. The molecule has 1 atom stereocenters. The Morgan fingerprint density at radius 2 is 2.05 bits per heavy atom. The lowest BCUT2D eigenvalue weighted by Gasteiger charge is -2.09. The number of aromatic nitrogens is 2. The quantitative estimate of drug-likeness (QED) is 0.891. The van der Waals surface area contributed by atoms with Gasteiger partial charge in [-0.05, 0) is 19.2 Å². The first-order valence-corrected chi connectivity index (χ1v) is 8.17. The number of hydrogen-bond donors (Lipinski definition) is 1. The van der Waals surface area contributed by atoms with Crippen molar-refractivity contribution < 1.29 is 4.79 Å². The topological polar surface area (TPSA) is 54.9 Å². The second-order valence-corrected chi connectivity index (χ2v) is 5.82. The van der Waals surface area contributed by atoms with Crippen molar-refractivity contribution in [1.82, 2.24) is 15.3 Å². The Morgan fingerprint density at radius 3 is 2.76 bits per heavy atom. The van der Waals surface area contributed by atoms with E-state index >= 15 is 0 Å². The summed E-state index contributed by atoms with van der Waals surface area (Å²) >= 11 is 1.54. The van der Waals surface area contributed by atoms with E-state index in [2.05, 4.69) is 15.3 Å². The molecular formula is C16H19N3OS. The number of hydrogen-bond acceptors (Lipinski definition) is 4. The van der Waals surface area contributed by atoms with Crippen LogP contribution in [-0.2, 0) is 11.2 Å². The van der Waals surface area contributed by atoms with Crippen LogP contribution in [0.25, 0.3) is 11.3 Å². The van der Waals surface area contributed by atoms with E-state index in [1.165, 1.54) is 11.8 Å². The molecule has 0 spiro atoms. The molecule has 110 valence electrons. The maximum atomic E-state index is 11.7. The maximum absolute atomic E-state index is 11.7. The van der Waals surface area contributed by atoms with Crippen LogP contribution in [-0.4, -0.2) is 33.9 Å². The molecule has 0 aliphatic heterocycles. The van der Waals surface area contributed by atoms with Gasteiger partial charge in [-0.25, -0.2) is 9.97 Å². The first-order chi connectivity index (χ1) is 10.2. The van der Waals surface area contributed by atoms with E-state index in [0.717, 1.165) is 17.1 Å². The van der Waals surface area contributed by atoms with Gasteiger partial charge < -0.3 is 5.32 Å². The van der Waals surface area contributed by atoms with Gasteiger partial charge in [-0.15, -0.1) is 0 Å². The number of benzene rings is 1. The maximum Gasteiger partial charge on any atom is 0.232 e. The van der Waals surface area contributed by atoms with Crippen LogP contribution in [0, 0.1) is 0 Å². The molecule has 21 heavy (non-hydrogen) atoms. The van der Waals surface area contributed by atoms with Gasteiger partial charge >= 0.3 is 0 Å². The molecule has 0 fully saturated rings. The third-order valence-corrected chi connectivity index (χ3v) is 4.07. The lowest BCUT2D eigenvalue weighted by atomic mass is 10.1. The lowest BCUT2D eigenvalue weighted by Crippen LogP contribution is -2.32. The average molecular weight is 301 g/mol. The van der Waals surface area contributed by atoms with E-state index in [4.69, 9.17) is 0 Å². The minimum atomic E-state index is -0.0263. The summed E-state index contributed by atoms with van der Waals surface area (Å²) in [6.07, 6.45) is 4.32. The lowest BCUT2D eigenvalue weighted by molar-refractivity contribution is -0.120. The monoisotopic (exact) mass is 301 g/mol. The van der Waals surface area contributed by atoms with Gasteiger partial charge in [0, 0.05) is 24.7 Å². The van der Waals surface area contributed by atoms with Gasteiger partial charge in [0.15, 0.2) is 0 Å². The van der Waals surface area contributed by atoms with E-state index in [-0.39, 0.29) is 11.2 Å². The minimum absolute atomic E-state index is 0.0263. The Labute approximate surface area is 129 Å². The predicted octanol–water partition coefficient (Wildman–Crippen LogP) is 2.55. The largest absolute Gasteiger partial charge is 0.355 e. The number of thioether (sulfide) groups is 1. The van der Waals surface area contributed by atoms with E-state index < -0.39 is 0 Å². The van der Waals surface area contributed by atoms with E-state index in [0.29, 0.717) is 13.0 Å². The highest BCUT2D eigenvalue weighted by molar-refractivity contribution is 7.99. The van der Waals surface area contributed by atoms with Crippen molar-refractivity contribution in [2.24, 2.45) is 0 Å². The molecule has 0 aliphatic carbocycles. The molecule has 5 heteroatoms. The molecule has 0 aliphatic rings. The number of amides is 1. The second-order valence-electron chi connectivity index (χ2n) is 4.64. The van der Waals surface area contributed by atoms with Crippen LogP contribution in [0.5, 0.6) is 0 Å². The molecule has 4 nitrogen and oxygen atoms in total. The zero-order valence-corrected chi connectivity index (χ0v) is 13.1. The van der Waals surface area contributed by atoms with Crippen LogP contribution in [0.4, 0.5) is 0 Å². The fraction of sp³-hybridized carbons (Fsp3) is 0.312. The van der Waals surface area contributed by atoms with Crippen molar-refractivity contribution in [2.75, 3.05) is 12.8 Å². The zero-order chi connectivity index (χ0) is 15.1. The summed E-state index contributed by atoms with van der Waals surface area (Å²) in [5.74, 6) is 0.801. The van der Waals surface area contributed by atoms with Crippen molar-refractivity contribution in [2.45, 2.75) is 18.6 Å². The van der Waals surface area contributed by atoms with Gasteiger partial charge in [0.2, 0.25) is 5.91 Å². The Morgan fingerprint density at radius 1 is 1.29 bits per heavy atom. The summed E-state index contributed by atoms with van der Waals surface area (Å²) in [4.78, 5) is 20.5. The highest BCUT2D eigenvalue weighted by Crippen LogP contribution is 2.15. The van der Waals surface area contributed by atoms with Crippen molar-refractivity contribution >= 4 is 17.7 Å². The molecule has 1 unspecified atom stereocenters. The van der Waals surface area contributed by atoms with Crippen LogP contribution in [0.15, 0.2) is 42.6 Å². The third kappa shape index (κ3) is 4.56. The molecule has 0 saturated heterocycles. The van der Waals surface area contributed by atoms with Crippen LogP contribution in [0.1, 0.15) is 12.7 Å². The number of carbonyl (C=O) groups is 1. The zero-order valence-electron chi connectivity index (χ0n) is 12.2. The molecule has 0 radical (unpaired) electrons. The van der Waals surface area contributed by atoms with Gasteiger partial charge in [-0.1, -0.05) is 30.3 Å². The molecule has 1 aromatic carbocycles. The third-order valence-electron chi connectivity index (χ3n) is 3.15. The van der Waals surface area contributed by atoms with Crippen molar-refractivity contribution in [3.63, 3.8) is 0 Å². The molecule has 1 heterocycles. The van der Waals surface area contributed by atoms with Crippen LogP contribution in [0.2, 0.25) is 0 Å². The molecule has 1 amide bonds. The summed E-state index contributed by atoms with van der Waals surface area (Å²) in [5, 5.41) is 2.87. The van der Waals surface area contributed by atoms with Crippen LogP contribution < -0.4 is 5.32 Å². The minimum Gasteiger partial charge on any atom is -0.355 e. The highest BCUT2D eigenvalue weighted by atomic mass is 32.2. The van der Waals surface area contributed by atoms with Gasteiger partial charge in [-0.3, -0.25) is 4.79 Å². The Bertz CT molecular complexity index is 589. The number of carbonyl (C=O) groups excluding carboxylic acids is 1. The molecule has 0 saturated carbocycles. The Balaban J connectivity index is 1.95. The first kappa shape index (κ1) is 15.5. The molecule has 2 aromatic rings. The van der Waals surface area contributed by atoms with Gasteiger partial charge in [0.05, 0.1) is 10.9 Å². The summed E-state index contributed by atoms with van der Waals surface area (Å²) in [6.45, 7) is 2.45. The Hall–Kier alpha value is -1.88.